The minimum absolute atomic E-state index is 0.655. The molecular formula is C10H9N3O. The zero-order chi connectivity index (χ0) is 9.80. The average Bonchev–Trinajstić information content (AvgIpc) is 2.71. The standard InChI is InChI=1S/C10H9N3O/c14-8-11-9-3-1-4-10(7-9)13-6-2-5-12-13/h1-8H,(H,11,14). The maximum atomic E-state index is 10.2. The van der Waals surface area contributed by atoms with Gasteiger partial charge >= 0.3 is 0 Å². The van der Waals surface area contributed by atoms with Crippen molar-refractivity contribution >= 4 is 12.1 Å². The lowest BCUT2D eigenvalue weighted by Crippen LogP contribution is -1.97. The van der Waals surface area contributed by atoms with Crippen LogP contribution in [0.1, 0.15) is 0 Å². The number of benzene rings is 1. The molecule has 0 spiro atoms. The Kier molecular flexibility index (Phi) is 2.27. The molecule has 0 saturated heterocycles. The largest absolute Gasteiger partial charge is 0.329 e. The Hall–Kier alpha value is -2.10. The van der Waals surface area contributed by atoms with Gasteiger partial charge < -0.3 is 5.32 Å². The van der Waals surface area contributed by atoms with Crippen molar-refractivity contribution in [1.82, 2.24) is 9.78 Å². The summed E-state index contributed by atoms with van der Waals surface area (Å²) in [4.78, 5) is 10.2. The first-order valence-electron chi connectivity index (χ1n) is 4.20. The van der Waals surface area contributed by atoms with E-state index < -0.39 is 0 Å². The Bertz CT molecular complexity index is 423. The molecule has 0 aliphatic carbocycles. The van der Waals surface area contributed by atoms with Crippen molar-refractivity contribution in [3.05, 3.63) is 42.7 Å². The number of nitrogens with zero attached hydrogens (tertiary/aromatic N) is 2. The van der Waals surface area contributed by atoms with E-state index in [4.69, 9.17) is 0 Å². The second-order valence-electron chi connectivity index (χ2n) is 2.76. The van der Waals surface area contributed by atoms with Crippen LogP contribution in [0.25, 0.3) is 5.69 Å². The van der Waals surface area contributed by atoms with Gasteiger partial charge in [-0.25, -0.2) is 4.68 Å². The van der Waals surface area contributed by atoms with E-state index >= 15 is 0 Å². The predicted molar refractivity (Wildman–Crippen MR) is 53.3 cm³/mol. The number of hydrogen-bond acceptors (Lipinski definition) is 2. The fraction of sp³-hybridized carbons (Fsp3) is 0. The molecule has 0 unspecified atom stereocenters. The molecule has 0 saturated carbocycles. The first kappa shape index (κ1) is 8.50. The molecule has 0 aliphatic rings. The highest BCUT2D eigenvalue weighted by molar-refractivity contribution is 5.72. The number of rotatable bonds is 3. The number of aromatic nitrogens is 2. The van der Waals surface area contributed by atoms with Gasteiger partial charge in [-0.1, -0.05) is 6.07 Å². The molecule has 70 valence electrons. The number of amides is 1. The predicted octanol–water partition coefficient (Wildman–Crippen LogP) is 1.44. The summed E-state index contributed by atoms with van der Waals surface area (Å²) in [5, 5.41) is 6.68. The van der Waals surface area contributed by atoms with Crippen LogP contribution in [-0.2, 0) is 4.79 Å². The van der Waals surface area contributed by atoms with Crippen molar-refractivity contribution in [3.8, 4) is 5.69 Å². The fourth-order valence-electron chi connectivity index (χ4n) is 1.23. The quantitative estimate of drug-likeness (QED) is 0.739. The second kappa shape index (κ2) is 3.74. The summed E-state index contributed by atoms with van der Waals surface area (Å²) in [6, 6.07) is 9.30. The molecular weight excluding hydrogens is 178 g/mol. The van der Waals surface area contributed by atoms with Crippen molar-refractivity contribution in [2.24, 2.45) is 0 Å². The van der Waals surface area contributed by atoms with Crippen LogP contribution in [0.15, 0.2) is 42.7 Å². The molecule has 0 atom stereocenters. The van der Waals surface area contributed by atoms with Gasteiger partial charge in [0, 0.05) is 18.1 Å². The first-order valence-corrected chi connectivity index (χ1v) is 4.20. The van der Waals surface area contributed by atoms with Crippen molar-refractivity contribution < 1.29 is 4.79 Å². The molecule has 4 heteroatoms. The Balaban J connectivity index is 2.35. The van der Waals surface area contributed by atoms with Gasteiger partial charge in [0.05, 0.1) is 5.69 Å². The van der Waals surface area contributed by atoms with Gasteiger partial charge in [0.2, 0.25) is 6.41 Å². The van der Waals surface area contributed by atoms with E-state index in [9.17, 15) is 4.79 Å². The van der Waals surface area contributed by atoms with Gasteiger partial charge in [-0.3, -0.25) is 4.79 Å². The molecule has 14 heavy (non-hydrogen) atoms. The SMILES string of the molecule is O=CNc1cccc(-n2cccn2)c1. The molecule has 1 aromatic carbocycles. The summed E-state index contributed by atoms with van der Waals surface area (Å²) in [6.07, 6.45) is 4.21. The van der Waals surface area contributed by atoms with Gasteiger partial charge in [-0.2, -0.15) is 5.10 Å². The Morgan fingerprint density at radius 3 is 3.00 bits per heavy atom. The molecule has 0 aliphatic heterocycles. The van der Waals surface area contributed by atoms with E-state index in [1.165, 1.54) is 0 Å². The van der Waals surface area contributed by atoms with Crippen LogP contribution in [0.3, 0.4) is 0 Å². The zero-order valence-corrected chi connectivity index (χ0v) is 7.42. The van der Waals surface area contributed by atoms with Crippen molar-refractivity contribution in [2.75, 3.05) is 5.32 Å². The lowest BCUT2D eigenvalue weighted by Gasteiger charge is -2.03. The van der Waals surface area contributed by atoms with Gasteiger partial charge in [0.25, 0.3) is 0 Å². The van der Waals surface area contributed by atoms with E-state index in [1.54, 1.807) is 10.9 Å². The summed E-state index contributed by atoms with van der Waals surface area (Å²) in [6.45, 7) is 0. The molecule has 2 rings (SSSR count). The minimum Gasteiger partial charge on any atom is -0.329 e. The van der Waals surface area contributed by atoms with Crippen LogP contribution in [0.4, 0.5) is 5.69 Å². The summed E-state index contributed by atoms with van der Waals surface area (Å²) in [7, 11) is 0. The number of carbonyl (C=O) groups excluding carboxylic acids is 1. The summed E-state index contributed by atoms with van der Waals surface area (Å²) < 4.78 is 1.73. The molecule has 1 amide bonds. The topological polar surface area (TPSA) is 46.9 Å². The van der Waals surface area contributed by atoms with E-state index in [0.717, 1.165) is 11.4 Å². The monoisotopic (exact) mass is 187 g/mol. The van der Waals surface area contributed by atoms with Crippen LogP contribution in [0.5, 0.6) is 0 Å². The summed E-state index contributed by atoms with van der Waals surface area (Å²) in [5.74, 6) is 0. The molecule has 2 aromatic rings. The average molecular weight is 187 g/mol. The van der Waals surface area contributed by atoms with Crippen molar-refractivity contribution in [2.45, 2.75) is 0 Å². The van der Waals surface area contributed by atoms with Gasteiger partial charge in [0.1, 0.15) is 0 Å². The summed E-state index contributed by atoms with van der Waals surface area (Å²) >= 11 is 0. The minimum atomic E-state index is 0.655. The normalized spacial score (nSPS) is 9.71. The van der Waals surface area contributed by atoms with E-state index in [1.807, 2.05) is 36.5 Å². The van der Waals surface area contributed by atoms with E-state index in [0.29, 0.717) is 6.41 Å². The lowest BCUT2D eigenvalue weighted by atomic mass is 10.3. The molecule has 4 nitrogen and oxygen atoms in total. The van der Waals surface area contributed by atoms with E-state index in [-0.39, 0.29) is 0 Å². The Morgan fingerprint density at radius 2 is 2.29 bits per heavy atom. The first-order chi connectivity index (χ1) is 6.90. The third-order valence-corrected chi connectivity index (χ3v) is 1.84. The lowest BCUT2D eigenvalue weighted by molar-refractivity contribution is -0.105. The number of anilines is 1. The van der Waals surface area contributed by atoms with Crippen molar-refractivity contribution in [3.63, 3.8) is 0 Å². The second-order valence-corrected chi connectivity index (χ2v) is 2.76. The highest BCUT2D eigenvalue weighted by Gasteiger charge is 1.96. The van der Waals surface area contributed by atoms with Gasteiger partial charge in [0.15, 0.2) is 0 Å². The molecule has 1 heterocycles. The number of carbonyl (C=O) groups is 1. The van der Waals surface area contributed by atoms with Gasteiger partial charge in [-0.05, 0) is 24.3 Å². The highest BCUT2D eigenvalue weighted by atomic mass is 16.1. The fourth-order valence-corrected chi connectivity index (χ4v) is 1.23. The van der Waals surface area contributed by atoms with E-state index in [2.05, 4.69) is 10.4 Å². The van der Waals surface area contributed by atoms with Crippen molar-refractivity contribution in [1.29, 1.82) is 0 Å². The third kappa shape index (κ3) is 1.64. The third-order valence-electron chi connectivity index (χ3n) is 1.84. The molecule has 0 bridgehead atoms. The zero-order valence-electron chi connectivity index (χ0n) is 7.42. The Labute approximate surface area is 81.2 Å². The number of nitrogens with one attached hydrogen (secondary N) is 1. The van der Waals surface area contributed by atoms with Crippen LogP contribution < -0.4 is 5.32 Å². The molecule has 0 fully saturated rings. The highest BCUT2D eigenvalue weighted by Crippen LogP contribution is 2.12. The maximum absolute atomic E-state index is 10.2. The molecule has 1 aromatic heterocycles. The van der Waals surface area contributed by atoms with Crippen LogP contribution >= 0.6 is 0 Å². The summed E-state index contributed by atoms with van der Waals surface area (Å²) in [5.41, 5.74) is 1.68. The maximum Gasteiger partial charge on any atom is 0.211 e. The Morgan fingerprint density at radius 1 is 1.36 bits per heavy atom. The van der Waals surface area contributed by atoms with Crippen LogP contribution in [0, 0.1) is 0 Å². The van der Waals surface area contributed by atoms with Crippen LogP contribution in [-0.4, -0.2) is 16.2 Å². The van der Waals surface area contributed by atoms with Crippen LogP contribution in [0.2, 0.25) is 0 Å². The molecule has 1 N–H and O–H groups in total. The number of hydrogen-bond donors (Lipinski definition) is 1. The van der Waals surface area contributed by atoms with Gasteiger partial charge in [-0.15, -0.1) is 0 Å². The molecule has 0 radical (unpaired) electrons. The smallest absolute Gasteiger partial charge is 0.211 e.